The minimum atomic E-state index is -0.208. The fourth-order valence-corrected chi connectivity index (χ4v) is 2.03. The second-order valence-electron chi connectivity index (χ2n) is 4.44. The summed E-state index contributed by atoms with van der Waals surface area (Å²) in [6, 6.07) is 15.0. The summed E-state index contributed by atoms with van der Waals surface area (Å²) in [7, 11) is 0. The molecular formula is C16H17ClN2O. The third kappa shape index (κ3) is 4.00. The normalized spacial score (nSPS) is 10.1. The fraction of sp³-hybridized carbons (Fsp3) is 0.188. The van der Waals surface area contributed by atoms with Crippen LogP contribution in [0.1, 0.15) is 18.1 Å². The number of aryl methyl sites for hydroxylation is 1. The number of hydrogen-bond acceptors (Lipinski definition) is 1. The molecule has 0 saturated heterocycles. The van der Waals surface area contributed by atoms with Gasteiger partial charge in [0.15, 0.2) is 0 Å². The van der Waals surface area contributed by atoms with E-state index in [-0.39, 0.29) is 6.03 Å². The zero-order valence-electron chi connectivity index (χ0n) is 11.3. The second-order valence-corrected chi connectivity index (χ2v) is 4.88. The molecule has 0 bridgehead atoms. The lowest BCUT2D eigenvalue weighted by Gasteiger charge is -2.11. The number of nitrogens with one attached hydrogen (secondary N) is 2. The average molecular weight is 289 g/mol. The lowest BCUT2D eigenvalue weighted by Crippen LogP contribution is -2.28. The Morgan fingerprint density at radius 1 is 1.10 bits per heavy atom. The van der Waals surface area contributed by atoms with Crippen molar-refractivity contribution < 1.29 is 4.79 Å². The van der Waals surface area contributed by atoms with Crippen LogP contribution in [0.3, 0.4) is 0 Å². The number of para-hydroxylation sites is 1. The molecule has 2 aromatic carbocycles. The number of carbonyl (C=O) groups is 1. The molecule has 0 atom stereocenters. The van der Waals surface area contributed by atoms with Crippen LogP contribution < -0.4 is 10.6 Å². The Morgan fingerprint density at radius 3 is 2.50 bits per heavy atom. The van der Waals surface area contributed by atoms with Gasteiger partial charge in [0.05, 0.1) is 0 Å². The lowest BCUT2D eigenvalue weighted by molar-refractivity contribution is 0.251. The summed E-state index contributed by atoms with van der Waals surface area (Å²) in [6.07, 6.45) is 0.883. The third-order valence-electron chi connectivity index (χ3n) is 3.01. The van der Waals surface area contributed by atoms with E-state index in [1.165, 1.54) is 0 Å². The molecule has 0 radical (unpaired) electrons. The van der Waals surface area contributed by atoms with Crippen molar-refractivity contribution in [1.29, 1.82) is 0 Å². The monoisotopic (exact) mass is 288 g/mol. The largest absolute Gasteiger partial charge is 0.334 e. The quantitative estimate of drug-likeness (QED) is 0.869. The van der Waals surface area contributed by atoms with Crippen molar-refractivity contribution in [3.8, 4) is 0 Å². The van der Waals surface area contributed by atoms with Gasteiger partial charge < -0.3 is 10.6 Å². The Hall–Kier alpha value is -2.00. The van der Waals surface area contributed by atoms with Gasteiger partial charge in [0.25, 0.3) is 0 Å². The van der Waals surface area contributed by atoms with Crippen LogP contribution in [0.4, 0.5) is 10.5 Å². The van der Waals surface area contributed by atoms with Gasteiger partial charge in [-0.15, -0.1) is 0 Å². The van der Waals surface area contributed by atoms with Crippen LogP contribution in [0.15, 0.2) is 48.5 Å². The van der Waals surface area contributed by atoms with E-state index in [1.54, 1.807) is 0 Å². The van der Waals surface area contributed by atoms with E-state index < -0.39 is 0 Å². The minimum Gasteiger partial charge on any atom is -0.334 e. The number of benzene rings is 2. The lowest BCUT2D eigenvalue weighted by atomic mass is 10.1. The summed E-state index contributed by atoms with van der Waals surface area (Å²) in [5.74, 6) is 0. The molecule has 20 heavy (non-hydrogen) atoms. The van der Waals surface area contributed by atoms with Crippen molar-refractivity contribution in [2.24, 2.45) is 0 Å². The van der Waals surface area contributed by atoms with Crippen LogP contribution >= 0.6 is 11.6 Å². The van der Waals surface area contributed by atoms with Crippen LogP contribution in [0.2, 0.25) is 5.02 Å². The summed E-state index contributed by atoms with van der Waals surface area (Å²) < 4.78 is 0. The molecule has 0 saturated carbocycles. The van der Waals surface area contributed by atoms with Gasteiger partial charge in [0.2, 0.25) is 0 Å². The predicted octanol–water partition coefficient (Wildman–Crippen LogP) is 4.22. The summed E-state index contributed by atoms with van der Waals surface area (Å²) in [5.41, 5.74) is 2.98. The van der Waals surface area contributed by atoms with E-state index in [4.69, 9.17) is 11.6 Å². The van der Waals surface area contributed by atoms with E-state index in [1.807, 2.05) is 48.5 Å². The molecule has 0 aromatic heterocycles. The number of carbonyl (C=O) groups excluding carboxylic acids is 1. The van der Waals surface area contributed by atoms with E-state index in [9.17, 15) is 4.79 Å². The SMILES string of the molecule is CCc1ccccc1NC(=O)NCc1ccc(Cl)cc1. The molecule has 0 aliphatic carbocycles. The molecular weight excluding hydrogens is 272 g/mol. The molecule has 2 rings (SSSR count). The van der Waals surface area contributed by atoms with Crippen LogP contribution in [0.5, 0.6) is 0 Å². The molecule has 2 amide bonds. The zero-order chi connectivity index (χ0) is 14.4. The standard InChI is InChI=1S/C16H17ClN2O/c1-2-13-5-3-4-6-15(13)19-16(20)18-11-12-7-9-14(17)10-8-12/h3-10H,2,11H2,1H3,(H2,18,19,20). The summed E-state index contributed by atoms with van der Waals surface area (Å²) >= 11 is 5.82. The highest BCUT2D eigenvalue weighted by Gasteiger charge is 2.04. The van der Waals surface area contributed by atoms with Gasteiger partial charge in [-0.1, -0.05) is 48.9 Å². The highest BCUT2D eigenvalue weighted by atomic mass is 35.5. The number of halogens is 1. The van der Waals surface area contributed by atoms with Crippen LogP contribution in [-0.2, 0) is 13.0 Å². The number of urea groups is 1. The molecule has 3 nitrogen and oxygen atoms in total. The Kier molecular flexibility index (Phi) is 5.02. The predicted molar refractivity (Wildman–Crippen MR) is 83.1 cm³/mol. The van der Waals surface area contributed by atoms with Crippen molar-refractivity contribution in [2.75, 3.05) is 5.32 Å². The highest BCUT2D eigenvalue weighted by molar-refractivity contribution is 6.30. The van der Waals surface area contributed by atoms with Gasteiger partial charge in [-0.05, 0) is 35.7 Å². The maximum atomic E-state index is 11.9. The van der Waals surface area contributed by atoms with Crippen LogP contribution in [0, 0.1) is 0 Å². The van der Waals surface area contributed by atoms with Gasteiger partial charge in [-0.2, -0.15) is 0 Å². The Bertz CT molecular complexity index is 581. The number of anilines is 1. The van der Waals surface area contributed by atoms with Crippen molar-refractivity contribution in [2.45, 2.75) is 19.9 Å². The molecule has 0 aliphatic heterocycles. The Balaban J connectivity index is 1.91. The topological polar surface area (TPSA) is 41.1 Å². The maximum Gasteiger partial charge on any atom is 0.319 e. The molecule has 0 spiro atoms. The van der Waals surface area contributed by atoms with Crippen molar-refractivity contribution in [1.82, 2.24) is 5.32 Å². The molecule has 0 heterocycles. The number of amides is 2. The number of hydrogen-bond donors (Lipinski definition) is 2. The molecule has 2 N–H and O–H groups in total. The molecule has 4 heteroatoms. The fourth-order valence-electron chi connectivity index (χ4n) is 1.90. The van der Waals surface area contributed by atoms with Gasteiger partial charge >= 0.3 is 6.03 Å². The summed E-state index contributed by atoms with van der Waals surface area (Å²) in [6.45, 7) is 2.53. The third-order valence-corrected chi connectivity index (χ3v) is 3.26. The first-order valence-corrected chi connectivity index (χ1v) is 6.94. The average Bonchev–Trinajstić information content (AvgIpc) is 2.47. The molecule has 2 aromatic rings. The first kappa shape index (κ1) is 14.4. The van der Waals surface area contributed by atoms with Crippen molar-refractivity contribution >= 4 is 23.3 Å². The van der Waals surface area contributed by atoms with Gasteiger partial charge in [0, 0.05) is 17.3 Å². The summed E-state index contributed by atoms with van der Waals surface area (Å²) in [5, 5.41) is 6.38. The van der Waals surface area contributed by atoms with E-state index >= 15 is 0 Å². The summed E-state index contributed by atoms with van der Waals surface area (Å²) in [4.78, 5) is 11.9. The number of rotatable bonds is 4. The van der Waals surface area contributed by atoms with Crippen LogP contribution in [0.25, 0.3) is 0 Å². The molecule has 104 valence electrons. The second kappa shape index (κ2) is 6.96. The van der Waals surface area contributed by atoms with Crippen molar-refractivity contribution in [3.63, 3.8) is 0 Å². The zero-order valence-corrected chi connectivity index (χ0v) is 12.1. The smallest absolute Gasteiger partial charge is 0.319 e. The van der Waals surface area contributed by atoms with Gasteiger partial charge in [-0.25, -0.2) is 4.79 Å². The van der Waals surface area contributed by atoms with Crippen LogP contribution in [-0.4, -0.2) is 6.03 Å². The molecule has 0 unspecified atom stereocenters. The van der Waals surface area contributed by atoms with Gasteiger partial charge in [0.1, 0.15) is 0 Å². The molecule has 0 aliphatic rings. The van der Waals surface area contributed by atoms with Gasteiger partial charge in [-0.3, -0.25) is 0 Å². The Morgan fingerprint density at radius 2 is 1.80 bits per heavy atom. The van der Waals surface area contributed by atoms with E-state index in [0.29, 0.717) is 11.6 Å². The maximum absolute atomic E-state index is 11.9. The van der Waals surface area contributed by atoms with E-state index in [2.05, 4.69) is 17.6 Å². The highest BCUT2D eigenvalue weighted by Crippen LogP contribution is 2.15. The van der Waals surface area contributed by atoms with E-state index in [0.717, 1.165) is 23.2 Å². The first-order valence-electron chi connectivity index (χ1n) is 6.56. The first-order chi connectivity index (χ1) is 9.69. The molecule has 0 fully saturated rings. The Labute approximate surface area is 124 Å². The minimum absolute atomic E-state index is 0.208. The van der Waals surface area contributed by atoms with Crippen molar-refractivity contribution in [3.05, 3.63) is 64.7 Å².